The van der Waals surface area contributed by atoms with E-state index in [2.05, 4.69) is 6.92 Å². The van der Waals surface area contributed by atoms with Gasteiger partial charge >= 0.3 is 11.9 Å². The van der Waals surface area contributed by atoms with Gasteiger partial charge in [-0.3, -0.25) is 14.1 Å². The van der Waals surface area contributed by atoms with E-state index >= 15 is 0 Å². The van der Waals surface area contributed by atoms with Crippen molar-refractivity contribution in [2.45, 2.75) is 75.9 Å². The third-order valence-corrected chi connectivity index (χ3v) is 5.44. The molecule has 0 aromatic rings. The van der Waals surface area contributed by atoms with Crippen LogP contribution in [0.5, 0.6) is 0 Å². The van der Waals surface area contributed by atoms with Crippen molar-refractivity contribution >= 4 is 22.1 Å². The van der Waals surface area contributed by atoms with E-state index in [4.69, 9.17) is 10.2 Å². The number of rotatable bonds is 14. The fourth-order valence-corrected chi connectivity index (χ4v) is 3.34. The van der Waals surface area contributed by atoms with E-state index in [1.54, 1.807) is 6.08 Å². The SMILES string of the molecule is CCCCCCCCC=CCCC(CC(=O)O)(C(=O)O)S(=O)(=O)O. The minimum absolute atomic E-state index is 0.0647. The summed E-state index contributed by atoms with van der Waals surface area (Å²) in [5.41, 5.74) is 0. The number of allylic oxidation sites excluding steroid dienone is 2. The lowest BCUT2D eigenvalue weighted by atomic mass is 9.98. The van der Waals surface area contributed by atoms with E-state index in [0.717, 1.165) is 19.3 Å². The number of unbranched alkanes of at least 4 members (excludes halogenated alkanes) is 6. The maximum Gasteiger partial charge on any atom is 0.328 e. The number of hydrogen-bond donors (Lipinski definition) is 3. The van der Waals surface area contributed by atoms with Gasteiger partial charge in [0.15, 0.2) is 0 Å². The average molecular weight is 364 g/mol. The zero-order valence-electron chi connectivity index (χ0n) is 14.1. The van der Waals surface area contributed by atoms with Gasteiger partial charge in [-0.25, -0.2) is 0 Å². The first-order valence-corrected chi connectivity index (χ1v) is 9.68. The number of carbonyl (C=O) groups is 2. The van der Waals surface area contributed by atoms with E-state index in [1.165, 1.54) is 25.7 Å². The van der Waals surface area contributed by atoms with Crippen LogP contribution in [-0.4, -0.2) is 39.9 Å². The van der Waals surface area contributed by atoms with Crippen LogP contribution in [-0.2, 0) is 19.7 Å². The van der Waals surface area contributed by atoms with E-state index in [-0.39, 0.29) is 6.42 Å². The maximum absolute atomic E-state index is 11.4. The molecule has 0 saturated carbocycles. The summed E-state index contributed by atoms with van der Waals surface area (Å²) in [5.74, 6) is -3.44. The molecular formula is C16H28O7S. The fourth-order valence-electron chi connectivity index (χ4n) is 2.44. The van der Waals surface area contributed by atoms with Crippen molar-refractivity contribution in [3.05, 3.63) is 12.2 Å². The molecule has 0 aliphatic carbocycles. The second-order valence-electron chi connectivity index (χ2n) is 5.91. The molecular weight excluding hydrogens is 336 g/mol. The molecule has 8 heteroatoms. The molecule has 7 nitrogen and oxygen atoms in total. The van der Waals surface area contributed by atoms with Crippen molar-refractivity contribution in [3.8, 4) is 0 Å². The zero-order chi connectivity index (χ0) is 18.6. The topological polar surface area (TPSA) is 129 Å². The normalized spacial score (nSPS) is 14.6. The van der Waals surface area contributed by atoms with Gasteiger partial charge in [-0.1, -0.05) is 51.2 Å². The van der Waals surface area contributed by atoms with Crippen LogP contribution in [0.2, 0.25) is 0 Å². The van der Waals surface area contributed by atoms with Crippen molar-refractivity contribution in [1.29, 1.82) is 0 Å². The minimum Gasteiger partial charge on any atom is -0.481 e. The van der Waals surface area contributed by atoms with Crippen LogP contribution in [0.1, 0.15) is 71.1 Å². The Morgan fingerprint density at radius 3 is 2.00 bits per heavy atom. The number of hydrogen-bond acceptors (Lipinski definition) is 4. The third kappa shape index (κ3) is 7.92. The molecule has 0 rings (SSSR count). The largest absolute Gasteiger partial charge is 0.481 e. The number of carboxylic acid groups (broad SMARTS) is 2. The smallest absolute Gasteiger partial charge is 0.328 e. The molecule has 3 N–H and O–H groups in total. The van der Waals surface area contributed by atoms with Gasteiger partial charge in [0.05, 0.1) is 6.42 Å². The molecule has 0 spiro atoms. The summed E-state index contributed by atoms with van der Waals surface area (Å²) in [6.45, 7) is 2.15. The van der Waals surface area contributed by atoms with E-state index in [1.807, 2.05) is 6.08 Å². The molecule has 1 unspecified atom stereocenters. The van der Waals surface area contributed by atoms with Gasteiger partial charge in [-0.05, 0) is 25.7 Å². The lowest BCUT2D eigenvalue weighted by Crippen LogP contribution is -2.47. The molecule has 0 aromatic carbocycles. The van der Waals surface area contributed by atoms with E-state index < -0.39 is 39.6 Å². The summed E-state index contributed by atoms with van der Waals surface area (Å²) < 4.78 is 29.3. The summed E-state index contributed by atoms with van der Waals surface area (Å²) >= 11 is 0. The number of aliphatic carboxylic acids is 2. The molecule has 0 bridgehead atoms. The van der Waals surface area contributed by atoms with Crippen LogP contribution in [0.4, 0.5) is 0 Å². The highest BCUT2D eigenvalue weighted by Crippen LogP contribution is 2.28. The summed E-state index contributed by atoms with van der Waals surface area (Å²) in [5, 5.41) is 17.9. The van der Waals surface area contributed by atoms with Crippen LogP contribution in [0, 0.1) is 0 Å². The Bertz CT molecular complexity index is 525. The standard InChI is InChI=1S/C16H28O7S/c1-2-3-4-5-6-7-8-9-10-11-12-16(15(19)20,13-14(17)18)24(21,22)23/h9-10H,2-8,11-13H2,1H3,(H,17,18)(H,19,20)(H,21,22,23). The fraction of sp³-hybridized carbons (Fsp3) is 0.750. The minimum atomic E-state index is -5.05. The first kappa shape index (κ1) is 22.6. The molecule has 140 valence electrons. The van der Waals surface area contributed by atoms with Crippen molar-refractivity contribution < 1.29 is 32.8 Å². The monoisotopic (exact) mass is 364 g/mol. The molecule has 0 aromatic heterocycles. The first-order valence-electron chi connectivity index (χ1n) is 8.24. The number of carboxylic acids is 2. The van der Waals surface area contributed by atoms with Crippen LogP contribution >= 0.6 is 0 Å². The summed E-state index contributed by atoms with van der Waals surface area (Å²) in [6, 6.07) is 0. The predicted molar refractivity (Wildman–Crippen MR) is 90.5 cm³/mol. The molecule has 1 atom stereocenters. The zero-order valence-corrected chi connectivity index (χ0v) is 14.9. The van der Waals surface area contributed by atoms with Crippen molar-refractivity contribution in [2.75, 3.05) is 0 Å². The molecule has 0 fully saturated rings. The lowest BCUT2D eigenvalue weighted by Gasteiger charge is -2.23. The molecule has 0 aliphatic rings. The Morgan fingerprint density at radius 2 is 1.50 bits per heavy atom. The summed E-state index contributed by atoms with van der Waals surface area (Å²) in [6.07, 6.45) is 9.58. The molecule has 0 radical (unpaired) electrons. The first-order chi connectivity index (χ1) is 11.2. The third-order valence-electron chi connectivity index (χ3n) is 3.93. The van der Waals surface area contributed by atoms with Gasteiger partial charge in [-0.15, -0.1) is 0 Å². The quantitative estimate of drug-likeness (QED) is 0.245. The van der Waals surface area contributed by atoms with Crippen LogP contribution < -0.4 is 0 Å². The van der Waals surface area contributed by atoms with Crippen molar-refractivity contribution in [2.24, 2.45) is 0 Å². The highest BCUT2D eigenvalue weighted by atomic mass is 32.2. The maximum atomic E-state index is 11.4. The Hall–Kier alpha value is -1.41. The molecule has 0 heterocycles. The van der Waals surface area contributed by atoms with Gasteiger partial charge < -0.3 is 10.2 Å². The van der Waals surface area contributed by atoms with Crippen LogP contribution in [0.3, 0.4) is 0 Å². The Labute approximate surface area is 143 Å². The van der Waals surface area contributed by atoms with Gasteiger partial charge in [0.2, 0.25) is 4.75 Å². The Balaban J connectivity index is 4.46. The molecule has 24 heavy (non-hydrogen) atoms. The van der Waals surface area contributed by atoms with Gasteiger partial charge in [-0.2, -0.15) is 8.42 Å². The summed E-state index contributed by atoms with van der Waals surface area (Å²) in [4.78, 5) is 22.1. The van der Waals surface area contributed by atoms with Crippen LogP contribution in [0.15, 0.2) is 12.2 Å². The summed E-state index contributed by atoms with van der Waals surface area (Å²) in [7, 11) is -5.05. The average Bonchev–Trinajstić information content (AvgIpc) is 2.46. The molecule has 0 aliphatic heterocycles. The van der Waals surface area contributed by atoms with Crippen molar-refractivity contribution in [3.63, 3.8) is 0 Å². The second-order valence-corrected chi connectivity index (χ2v) is 7.64. The van der Waals surface area contributed by atoms with Gasteiger partial charge in [0.25, 0.3) is 10.1 Å². The Morgan fingerprint density at radius 1 is 0.958 bits per heavy atom. The Kier molecular flexibility index (Phi) is 10.5. The lowest BCUT2D eigenvalue weighted by molar-refractivity contribution is -0.147. The second kappa shape index (κ2) is 11.2. The van der Waals surface area contributed by atoms with E-state index in [0.29, 0.717) is 0 Å². The highest BCUT2D eigenvalue weighted by molar-refractivity contribution is 7.88. The van der Waals surface area contributed by atoms with Crippen molar-refractivity contribution in [1.82, 2.24) is 0 Å². The van der Waals surface area contributed by atoms with Crippen LogP contribution in [0.25, 0.3) is 0 Å². The van der Waals surface area contributed by atoms with Gasteiger partial charge in [0, 0.05) is 0 Å². The van der Waals surface area contributed by atoms with E-state index in [9.17, 15) is 22.6 Å². The molecule has 0 amide bonds. The molecule has 0 saturated heterocycles. The van der Waals surface area contributed by atoms with Gasteiger partial charge in [0.1, 0.15) is 0 Å². The highest BCUT2D eigenvalue weighted by Gasteiger charge is 2.51. The predicted octanol–water partition coefficient (Wildman–Crippen LogP) is 3.26.